The molecule has 4 aromatic rings. The van der Waals surface area contributed by atoms with Gasteiger partial charge < -0.3 is 20.3 Å². The van der Waals surface area contributed by atoms with Crippen LogP contribution in [0.4, 0.5) is 5.82 Å². The Morgan fingerprint density at radius 3 is 2.97 bits per heavy atom. The van der Waals surface area contributed by atoms with Crippen LogP contribution in [0.1, 0.15) is 17.7 Å². The molecule has 0 unspecified atom stereocenters. The highest BCUT2D eigenvalue weighted by molar-refractivity contribution is 7.19. The molecule has 0 bridgehead atoms. The number of aromatic nitrogens is 4. The molecular formula is C23H25N7O2S. The van der Waals surface area contributed by atoms with Crippen LogP contribution in [-0.4, -0.2) is 65.0 Å². The van der Waals surface area contributed by atoms with E-state index in [2.05, 4.69) is 31.8 Å². The summed E-state index contributed by atoms with van der Waals surface area (Å²) in [5.41, 5.74) is 2.84. The summed E-state index contributed by atoms with van der Waals surface area (Å²) in [5, 5.41) is 14.5. The molecule has 6 rings (SSSR count). The third-order valence-electron chi connectivity index (χ3n) is 5.97. The summed E-state index contributed by atoms with van der Waals surface area (Å²) in [4.78, 5) is 25.4. The van der Waals surface area contributed by atoms with Crippen molar-refractivity contribution < 1.29 is 9.53 Å². The molecule has 1 saturated carbocycles. The fourth-order valence-electron chi connectivity index (χ4n) is 4.13. The molecule has 0 radical (unpaired) electrons. The summed E-state index contributed by atoms with van der Waals surface area (Å²) in [6.07, 6.45) is 4.02. The van der Waals surface area contributed by atoms with E-state index in [0.29, 0.717) is 38.2 Å². The third kappa shape index (κ3) is 4.29. The van der Waals surface area contributed by atoms with Crippen LogP contribution in [0.5, 0.6) is 0 Å². The van der Waals surface area contributed by atoms with Gasteiger partial charge in [-0.25, -0.2) is 9.97 Å². The second-order valence-corrected chi connectivity index (χ2v) is 9.62. The largest absolute Gasteiger partial charge is 0.378 e. The molecule has 3 N–H and O–H groups in total. The third-order valence-corrected chi connectivity index (χ3v) is 7.09. The molecule has 9 nitrogen and oxygen atoms in total. The summed E-state index contributed by atoms with van der Waals surface area (Å²) in [6.45, 7) is 3.92. The maximum Gasteiger partial charge on any atom is 0.234 e. The van der Waals surface area contributed by atoms with Crippen LogP contribution >= 0.6 is 11.3 Å². The molecule has 1 amide bonds. The van der Waals surface area contributed by atoms with Gasteiger partial charge in [0.2, 0.25) is 5.91 Å². The van der Waals surface area contributed by atoms with E-state index in [9.17, 15) is 4.79 Å². The molecule has 1 saturated heterocycles. The van der Waals surface area contributed by atoms with Crippen LogP contribution in [0.15, 0.2) is 30.5 Å². The number of hydrogen-bond acceptors (Lipinski definition) is 8. The number of carbonyl (C=O) groups excluding carboxylic acids is 1. The Kier molecular flexibility index (Phi) is 5.41. The summed E-state index contributed by atoms with van der Waals surface area (Å²) in [5.74, 6) is 1.70. The molecule has 2 aliphatic rings. The van der Waals surface area contributed by atoms with Gasteiger partial charge in [-0.3, -0.25) is 9.89 Å². The zero-order valence-electron chi connectivity index (χ0n) is 18.1. The molecule has 10 heteroatoms. The highest BCUT2D eigenvalue weighted by Crippen LogP contribution is 2.35. The van der Waals surface area contributed by atoms with Gasteiger partial charge in [-0.2, -0.15) is 5.10 Å². The Morgan fingerprint density at radius 2 is 2.12 bits per heavy atom. The second-order valence-electron chi connectivity index (χ2n) is 8.48. The van der Waals surface area contributed by atoms with E-state index in [1.807, 2.05) is 24.4 Å². The minimum Gasteiger partial charge on any atom is -0.378 e. The number of rotatable bonds is 7. The van der Waals surface area contributed by atoms with Gasteiger partial charge in [0.25, 0.3) is 0 Å². The average Bonchev–Trinajstić information content (AvgIpc) is 3.34. The van der Waals surface area contributed by atoms with E-state index >= 15 is 0 Å². The number of anilines is 1. The number of thiophene rings is 1. The van der Waals surface area contributed by atoms with Crippen molar-refractivity contribution in [3.63, 3.8) is 0 Å². The summed E-state index contributed by atoms with van der Waals surface area (Å²) in [6, 6.07) is 8.52. The van der Waals surface area contributed by atoms with E-state index in [1.54, 1.807) is 11.3 Å². The number of carbonyl (C=O) groups is 1. The molecule has 4 heterocycles. The quantitative estimate of drug-likeness (QED) is 0.386. The first-order chi connectivity index (χ1) is 16.2. The Labute approximate surface area is 194 Å². The number of fused-ring (bicyclic) bond motifs is 2. The second kappa shape index (κ2) is 8.69. The fraction of sp³-hybridized carbons (Fsp3) is 0.391. The van der Waals surface area contributed by atoms with Crippen LogP contribution < -0.4 is 15.5 Å². The smallest absolute Gasteiger partial charge is 0.234 e. The number of aromatic amines is 1. The summed E-state index contributed by atoms with van der Waals surface area (Å²) < 4.78 is 6.63. The highest BCUT2D eigenvalue weighted by atomic mass is 32.1. The standard InChI is InChI=1S/C23H25N7O2S/c31-20(26-14-4-5-14)13-24-11-15-10-19-21(33-15)23(30-6-8-32-9-7-30)28-22(27-19)16-2-1-3-18-17(16)12-25-29-18/h1-3,10,12,14,24H,4-9,11,13H2,(H,25,29)(H,26,31). The van der Waals surface area contributed by atoms with E-state index in [1.165, 1.54) is 0 Å². The van der Waals surface area contributed by atoms with Gasteiger partial charge in [-0.1, -0.05) is 12.1 Å². The normalized spacial score (nSPS) is 16.5. The lowest BCUT2D eigenvalue weighted by Crippen LogP contribution is -2.36. The Hall–Kier alpha value is -3.08. The first-order valence-corrected chi connectivity index (χ1v) is 12.1. The molecule has 33 heavy (non-hydrogen) atoms. The number of morpholine rings is 1. The van der Waals surface area contributed by atoms with Crippen molar-refractivity contribution in [2.75, 3.05) is 37.7 Å². The monoisotopic (exact) mass is 463 g/mol. The van der Waals surface area contributed by atoms with Gasteiger partial charge in [-0.15, -0.1) is 11.3 Å². The minimum atomic E-state index is 0.0582. The number of benzene rings is 1. The van der Waals surface area contributed by atoms with Crippen LogP contribution in [0.2, 0.25) is 0 Å². The van der Waals surface area contributed by atoms with Crippen molar-refractivity contribution in [1.82, 2.24) is 30.8 Å². The fourth-order valence-corrected chi connectivity index (χ4v) is 5.21. The number of amides is 1. The van der Waals surface area contributed by atoms with Crippen molar-refractivity contribution >= 4 is 44.2 Å². The van der Waals surface area contributed by atoms with E-state index in [0.717, 1.165) is 63.3 Å². The number of H-pyrrole nitrogens is 1. The highest BCUT2D eigenvalue weighted by Gasteiger charge is 2.23. The first kappa shape index (κ1) is 20.5. The topological polar surface area (TPSA) is 108 Å². The van der Waals surface area contributed by atoms with E-state index in [4.69, 9.17) is 14.7 Å². The Bertz CT molecular complexity index is 1310. The Balaban J connectivity index is 1.33. The number of hydrogen-bond donors (Lipinski definition) is 3. The summed E-state index contributed by atoms with van der Waals surface area (Å²) >= 11 is 1.68. The number of nitrogens with zero attached hydrogens (tertiary/aromatic N) is 4. The van der Waals surface area contributed by atoms with Gasteiger partial charge in [0.1, 0.15) is 0 Å². The van der Waals surface area contributed by atoms with Gasteiger partial charge >= 0.3 is 0 Å². The lowest BCUT2D eigenvalue weighted by atomic mass is 10.1. The van der Waals surface area contributed by atoms with E-state index in [-0.39, 0.29) is 5.91 Å². The predicted octanol–water partition coefficient (Wildman–Crippen LogP) is 2.44. The van der Waals surface area contributed by atoms with Crippen molar-refractivity contribution in [3.05, 3.63) is 35.3 Å². The van der Waals surface area contributed by atoms with Crippen LogP contribution in [0, 0.1) is 0 Å². The molecule has 170 valence electrons. The minimum absolute atomic E-state index is 0.0582. The molecule has 3 aromatic heterocycles. The summed E-state index contributed by atoms with van der Waals surface area (Å²) in [7, 11) is 0. The zero-order chi connectivity index (χ0) is 22.2. The molecule has 1 aromatic carbocycles. The van der Waals surface area contributed by atoms with Gasteiger partial charge in [0, 0.05) is 41.5 Å². The number of ether oxygens (including phenoxy) is 1. The molecule has 0 atom stereocenters. The Morgan fingerprint density at radius 1 is 1.24 bits per heavy atom. The predicted molar refractivity (Wildman–Crippen MR) is 128 cm³/mol. The van der Waals surface area contributed by atoms with Gasteiger partial charge in [0.05, 0.1) is 41.7 Å². The van der Waals surface area contributed by atoms with Crippen molar-refractivity contribution in [2.45, 2.75) is 25.4 Å². The molecule has 2 fully saturated rings. The van der Waals surface area contributed by atoms with Crippen molar-refractivity contribution in [1.29, 1.82) is 0 Å². The maximum atomic E-state index is 12.0. The lowest BCUT2D eigenvalue weighted by Gasteiger charge is -2.28. The lowest BCUT2D eigenvalue weighted by molar-refractivity contribution is -0.120. The van der Waals surface area contributed by atoms with E-state index < -0.39 is 0 Å². The SMILES string of the molecule is O=C(CNCc1cc2nc(-c3cccc4[nH]ncc34)nc(N3CCOCC3)c2s1)NC1CC1. The zero-order valence-corrected chi connectivity index (χ0v) is 19.0. The molecular weight excluding hydrogens is 438 g/mol. The maximum absolute atomic E-state index is 12.0. The average molecular weight is 464 g/mol. The van der Waals surface area contributed by atoms with Crippen LogP contribution in [0.25, 0.3) is 32.5 Å². The molecule has 1 aliphatic heterocycles. The first-order valence-electron chi connectivity index (χ1n) is 11.3. The number of nitrogens with one attached hydrogen (secondary N) is 3. The molecule has 0 spiro atoms. The van der Waals surface area contributed by atoms with Gasteiger partial charge in [-0.05, 0) is 25.0 Å². The molecule has 1 aliphatic carbocycles. The van der Waals surface area contributed by atoms with Gasteiger partial charge in [0.15, 0.2) is 11.6 Å². The van der Waals surface area contributed by atoms with Crippen molar-refractivity contribution in [2.24, 2.45) is 0 Å². The van der Waals surface area contributed by atoms with Crippen LogP contribution in [0.3, 0.4) is 0 Å². The van der Waals surface area contributed by atoms with Crippen LogP contribution in [-0.2, 0) is 16.1 Å². The van der Waals surface area contributed by atoms with Crippen molar-refractivity contribution in [3.8, 4) is 11.4 Å².